The van der Waals surface area contributed by atoms with Gasteiger partial charge in [0.1, 0.15) is 12.4 Å². The van der Waals surface area contributed by atoms with Crippen molar-refractivity contribution >= 4 is 18.0 Å². The summed E-state index contributed by atoms with van der Waals surface area (Å²) in [4.78, 5) is 37.4. The number of amides is 2. The number of carbonyl (C=O) groups is 3. The molecule has 8 nitrogen and oxygen atoms in total. The Kier molecular flexibility index (Phi) is 7.11. The summed E-state index contributed by atoms with van der Waals surface area (Å²) in [6, 6.07) is 5.76. The molecule has 0 radical (unpaired) electrons. The van der Waals surface area contributed by atoms with Gasteiger partial charge in [0.05, 0.1) is 36.9 Å². The molecule has 1 aliphatic carbocycles. The third-order valence-corrected chi connectivity index (χ3v) is 5.06. The number of methoxy groups -OCH3 is 1. The zero-order valence-corrected chi connectivity index (χ0v) is 17.1. The van der Waals surface area contributed by atoms with Crippen LogP contribution in [0.5, 0.6) is 5.75 Å². The molecule has 2 aliphatic rings. The first-order valence-corrected chi connectivity index (χ1v) is 9.96. The molecule has 1 aromatic rings. The Hall–Kier alpha value is -3.29. The molecule has 8 heteroatoms. The normalized spacial score (nSPS) is 20.8. The number of rotatable bonds is 7. The van der Waals surface area contributed by atoms with Crippen LogP contribution in [0, 0.1) is 5.92 Å². The number of hydrogen-bond acceptors (Lipinski definition) is 6. The molecule has 1 aliphatic heterocycles. The smallest absolute Gasteiger partial charge is 0.338 e. The number of benzene rings is 1. The molecule has 0 saturated carbocycles. The monoisotopic (exact) mass is 414 g/mol. The molecular formula is C22H26N2O6. The Bertz CT molecular complexity index is 859. The molecule has 1 heterocycles. The second kappa shape index (κ2) is 9.96. The highest BCUT2D eigenvalue weighted by atomic mass is 16.5. The molecule has 160 valence electrons. The SMILES string of the molecule is CCOC(=O)C1=C(COC(=O)[C@H]2CC=CCC2)NC(=O)N[C@@H]1c1ccc(OC)cc1. The van der Waals surface area contributed by atoms with E-state index in [-0.39, 0.29) is 36.4 Å². The van der Waals surface area contributed by atoms with E-state index in [1.54, 1.807) is 38.3 Å². The highest BCUT2D eigenvalue weighted by Crippen LogP contribution is 2.29. The second-order valence-corrected chi connectivity index (χ2v) is 7.01. The summed E-state index contributed by atoms with van der Waals surface area (Å²) in [7, 11) is 1.56. The number of urea groups is 1. The average Bonchev–Trinajstić information content (AvgIpc) is 2.77. The summed E-state index contributed by atoms with van der Waals surface area (Å²) in [5, 5.41) is 5.34. The van der Waals surface area contributed by atoms with Gasteiger partial charge < -0.3 is 24.8 Å². The summed E-state index contributed by atoms with van der Waals surface area (Å²) in [5.41, 5.74) is 1.10. The van der Waals surface area contributed by atoms with Crippen LogP contribution in [0.4, 0.5) is 4.79 Å². The van der Waals surface area contributed by atoms with E-state index in [0.717, 1.165) is 12.8 Å². The Labute approximate surface area is 175 Å². The number of esters is 2. The highest BCUT2D eigenvalue weighted by molar-refractivity contribution is 5.95. The second-order valence-electron chi connectivity index (χ2n) is 7.01. The maximum Gasteiger partial charge on any atom is 0.338 e. The van der Waals surface area contributed by atoms with Gasteiger partial charge in [-0.05, 0) is 43.9 Å². The van der Waals surface area contributed by atoms with Gasteiger partial charge in [0.25, 0.3) is 0 Å². The van der Waals surface area contributed by atoms with E-state index in [1.165, 1.54) is 0 Å². The summed E-state index contributed by atoms with van der Waals surface area (Å²) in [6.45, 7) is 1.66. The van der Waals surface area contributed by atoms with E-state index in [1.807, 2.05) is 12.2 Å². The van der Waals surface area contributed by atoms with Crippen molar-refractivity contribution in [2.24, 2.45) is 5.92 Å². The lowest BCUT2D eigenvalue weighted by molar-refractivity contribution is -0.148. The summed E-state index contributed by atoms with van der Waals surface area (Å²) in [6.07, 6.45) is 6.19. The number of hydrogen-bond donors (Lipinski definition) is 2. The van der Waals surface area contributed by atoms with E-state index >= 15 is 0 Å². The van der Waals surface area contributed by atoms with Gasteiger partial charge in [-0.25, -0.2) is 9.59 Å². The molecule has 0 aromatic heterocycles. The predicted octanol–water partition coefficient (Wildman–Crippen LogP) is 2.77. The van der Waals surface area contributed by atoms with Crippen LogP contribution in [-0.4, -0.2) is 38.3 Å². The Morgan fingerprint density at radius 1 is 1.13 bits per heavy atom. The van der Waals surface area contributed by atoms with E-state index < -0.39 is 18.0 Å². The van der Waals surface area contributed by atoms with E-state index in [9.17, 15) is 14.4 Å². The quantitative estimate of drug-likeness (QED) is 0.525. The fourth-order valence-electron chi connectivity index (χ4n) is 3.50. The molecule has 0 bridgehead atoms. The van der Waals surface area contributed by atoms with Crippen molar-refractivity contribution in [1.29, 1.82) is 0 Å². The van der Waals surface area contributed by atoms with Gasteiger partial charge in [0.15, 0.2) is 0 Å². The molecule has 2 amide bonds. The van der Waals surface area contributed by atoms with Gasteiger partial charge in [-0.15, -0.1) is 0 Å². The van der Waals surface area contributed by atoms with Crippen molar-refractivity contribution in [1.82, 2.24) is 10.6 Å². The first-order valence-electron chi connectivity index (χ1n) is 9.96. The lowest BCUT2D eigenvalue weighted by Gasteiger charge is -2.29. The van der Waals surface area contributed by atoms with Gasteiger partial charge >= 0.3 is 18.0 Å². The summed E-state index contributed by atoms with van der Waals surface area (Å²) in [5.74, 6) is -0.492. The Morgan fingerprint density at radius 3 is 2.53 bits per heavy atom. The first kappa shape index (κ1) is 21.4. The van der Waals surface area contributed by atoms with Crippen LogP contribution < -0.4 is 15.4 Å². The third kappa shape index (κ3) is 5.00. The van der Waals surface area contributed by atoms with Crippen molar-refractivity contribution in [2.75, 3.05) is 20.3 Å². The minimum atomic E-state index is -0.741. The van der Waals surface area contributed by atoms with E-state index in [2.05, 4.69) is 10.6 Å². The maximum atomic E-state index is 12.7. The molecular weight excluding hydrogens is 388 g/mol. The maximum absolute atomic E-state index is 12.7. The van der Waals surface area contributed by atoms with Crippen molar-refractivity contribution < 1.29 is 28.6 Å². The molecule has 2 N–H and O–H groups in total. The molecule has 1 aromatic carbocycles. The zero-order valence-electron chi connectivity index (χ0n) is 17.1. The standard InChI is InChI=1S/C22H26N2O6/c1-3-29-21(26)18-17(13-30-20(25)15-7-5-4-6-8-15)23-22(27)24-19(18)14-9-11-16(28-2)12-10-14/h4-5,9-12,15,19H,3,6-8,13H2,1-2H3,(H2,23,24,27)/t15-,19+/m0/s1. The molecule has 0 fully saturated rings. The zero-order chi connectivity index (χ0) is 21.5. The topological polar surface area (TPSA) is 103 Å². The van der Waals surface area contributed by atoms with Gasteiger partial charge in [-0.3, -0.25) is 4.79 Å². The fourth-order valence-corrected chi connectivity index (χ4v) is 3.50. The van der Waals surface area contributed by atoms with E-state index in [4.69, 9.17) is 14.2 Å². The van der Waals surface area contributed by atoms with Crippen molar-refractivity contribution in [3.63, 3.8) is 0 Å². The summed E-state index contributed by atoms with van der Waals surface area (Å²) < 4.78 is 15.8. The van der Waals surface area contributed by atoms with Crippen LogP contribution >= 0.6 is 0 Å². The minimum absolute atomic E-state index is 0.174. The minimum Gasteiger partial charge on any atom is -0.497 e. The van der Waals surface area contributed by atoms with Crippen molar-refractivity contribution in [3.8, 4) is 5.75 Å². The number of ether oxygens (including phenoxy) is 3. The molecule has 0 saturated heterocycles. The lowest BCUT2D eigenvalue weighted by atomic mass is 9.94. The van der Waals surface area contributed by atoms with Gasteiger partial charge in [0.2, 0.25) is 0 Å². The van der Waals surface area contributed by atoms with Crippen LogP contribution in [0.3, 0.4) is 0 Å². The largest absolute Gasteiger partial charge is 0.497 e. The lowest BCUT2D eigenvalue weighted by Crippen LogP contribution is -2.47. The fraction of sp³-hybridized carbons (Fsp3) is 0.409. The summed E-state index contributed by atoms with van der Waals surface area (Å²) >= 11 is 0. The molecule has 30 heavy (non-hydrogen) atoms. The van der Waals surface area contributed by atoms with Crippen LogP contribution in [0.2, 0.25) is 0 Å². The average molecular weight is 414 g/mol. The highest BCUT2D eigenvalue weighted by Gasteiger charge is 2.34. The third-order valence-electron chi connectivity index (χ3n) is 5.06. The first-order chi connectivity index (χ1) is 14.5. The molecule has 0 unspecified atom stereocenters. The van der Waals surface area contributed by atoms with Crippen molar-refractivity contribution in [2.45, 2.75) is 32.2 Å². The van der Waals surface area contributed by atoms with Crippen LogP contribution in [-0.2, 0) is 19.1 Å². The van der Waals surface area contributed by atoms with Crippen LogP contribution in [0.25, 0.3) is 0 Å². The predicted molar refractivity (Wildman–Crippen MR) is 109 cm³/mol. The van der Waals surface area contributed by atoms with Gasteiger partial charge in [-0.1, -0.05) is 24.3 Å². The van der Waals surface area contributed by atoms with Crippen molar-refractivity contribution in [3.05, 3.63) is 53.3 Å². The van der Waals surface area contributed by atoms with Gasteiger partial charge in [0, 0.05) is 0 Å². The van der Waals surface area contributed by atoms with Crippen LogP contribution in [0.1, 0.15) is 37.8 Å². The Balaban J connectivity index is 1.87. The van der Waals surface area contributed by atoms with E-state index in [0.29, 0.717) is 17.7 Å². The Morgan fingerprint density at radius 2 is 1.90 bits per heavy atom. The number of carbonyl (C=O) groups excluding carboxylic acids is 3. The number of nitrogens with one attached hydrogen (secondary N) is 2. The van der Waals surface area contributed by atoms with Gasteiger partial charge in [-0.2, -0.15) is 0 Å². The molecule has 0 spiro atoms. The molecule has 2 atom stereocenters. The molecule has 3 rings (SSSR count). The number of allylic oxidation sites excluding steroid dienone is 2. The van der Waals surface area contributed by atoms with Crippen LogP contribution in [0.15, 0.2) is 47.7 Å².